The molecule has 0 amide bonds. The number of halogens is 1. The normalized spacial score (nSPS) is 15.9. The molecule has 0 spiro atoms. The van der Waals surface area contributed by atoms with Gasteiger partial charge in [0.1, 0.15) is 0 Å². The van der Waals surface area contributed by atoms with Gasteiger partial charge in [-0.2, -0.15) is 0 Å². The molecule has 0 heterocycles. The van der Waals surface area contributed by atoms with Gasteiger partial charge in [0.2, 0.25) is 0 Å². The van der Waals surface area contributed by atoms with Crippen molar-refractivity contribution in [1.29, 1.82) is 5.41 Å². The molecule has 0 aliphatic rings. The third-order valence-corrected chi connectivity index (χ3v) is 1.90. The summed E-state index contributed by atoms with van der Waals surface area (Å²) in [5, 5.41) is 27.1. The van der Waals surface area contributed by atoms with Gasteiger partial charge in [0.05, 0.1) is 12.7 Å². The number of nitrogens with one attached hydrogen (secondary N) is 2. The van der Waals surface area contributed by atoms with Crippen LogP contribution in [0, 0.1) is 5.41 Å². The van der Waals surface area contributed by atoms with E-state index in [4.69, 9.17) is 21.4 Å². The first-order valence-electron chi connectivity index (χ1n) is 4.72. The number of hydrogen-bond donors (Lipinski definition) is 5. The van der Waals surface area contributed by atoms with Crippen LogP contribution in [0.15, 0.2) is 12.0 Å². The van der Waals surface area contributed by atoms with Gasteiger partial charge in [0.15, 0.2) is 11.7 Å². The Morgan fingerprint density at radius 2 is 2.20 bits per heavy atom. The van der Waals surface area contributed by atoms with E-state index in [0.29, 0.717) is 12.8 Å². The molecule has 0 rings (SSSR count). The maximum atomic E-state index is 12.7. The highest BCUT2D eigenvalue weighted by Gasteiger charge is 2.06. The molecular formula is C9H18FN3O2. The van der Waals surface area contributed by atoms with Crippen molar-refractivity contribution in [2.75, 3.05) is 6.61 Å². The summed E-state index contributed by atoms with van der Waals surface area (Å²) in [6, 6.07) is -0.0590. The second-order valence-corrected chi connectivity index (χ2v) is 3.39. The zero-order valence-electron chi connectivity index (χ0n) is 8.70. The van der Waals surface area contributed by atoms with Gasteiger partial charge in [-0.25, -0.2) is 4.39 Å². The third-order valence-electron chi connectivity index (χ3n) is 1.90. The highest BCUT2D eigenvalue weighted by molar-refractivity contribution is 5.91. The molecule has 0 radical (unpaired) electrons. The molecule has 0 saturated carbocycles. The monoisotopic (exact) mass is 219 g/mol. The molecule has 0 aliphatic carbocycles. The Hall–Kier alpha value is -1.14. The van der Waals surface area contributed by atoms with Crippen molar-refractivity contribution in [3.05, 3.63) is 12.0 Å². The fraction of sp³-hybridized carbons (Fsp3) is 0.667. The van der Waals surface area contributed by atoms with Gasteiger partial charge >= 0.3 is 0 Å². The number of nitrogens with two attached hydrogens (primary N) is 1. The lowest BCUT2D eigenvalue weighted by Crippen LogP contribution is -2.25. The lowest BCUT2D eigenvalue weighted by molar-refractivity contribution is 0.0848. The summed E-state index contributed by atoms with van der Waals surface area (Å²) in [6.07, 6.45) is 1.30. The van der Waals surface area contributed by atoms with Gasteiger partial charge < -0.3 is 21.3 Å². The molecule has 1 unspecified atom stereocenters. The summed E-state index contributed by atoms with van der Waals surface area (Å²) >= 11 is 0. The van der Waals surface area contributed by atoms with E-state index in [1.165, 1.54) is 0 Å². The van der Waals surface area contributed by atoms with Crippen molar-refractivity contribution in [2.24, 2.45) is 5.73 Å². The number of aliphatic hydroxyl groups is 2. The summed E-state index contributed by atoms with van der Waals surface area (Å²) in [5.41, 5.74) is 4.89. The van der Waals surface area contributed by atoms with Crippen LogP contribution in [0.3, 0.4) is 0 Å². The van der Waals surface area contributed by atoms with Crippen LogP contribution in [-0.4, -0.2) is 34.8 Å². The third kappa shape index (κ3) is 6.87. The van der Waals surface area contributed by atoms with Gasteiger partial charge in [-0.05, 0) is 19.8 Å². The fourth-order valence-corrected chi connectivity index (χ4v) is 0.910. The molecular weight excluding hydrogens is 201 g/mol. The number of aliphatic hydroxyl groups excluding tert-OH is 2. The molecule has 0 fully saturated rings. The smallest absolute Gasteiger partial charge is 0.180 e. The average molecular weight is 219 g/mol. The molecule has 5 nitrogen and oxygen atoms in total. The van der Waals surface area contributed by atoms with Crippen LogP contribution in [0.25, 0.3) is 0 Å². The van der Waals surface area contributed by atoms with E-state index in [9.17, 15) is 4.39 Å². The molecule has 15 heavy (non-hydrogen) atoms. The Kier molecular flexibility index (Phi) is 6.64. The van der Waals surface area contributed by atoms with Crippen LogP contribution in [0.5, 0.6) is 0 Å². The maximum Gasteiger partial charge on any atom is 0.180 e. The van der Waals surface area contributed by atoms with E-state index in [2.05, 4.69) is 5.32 Å². The molecule has 0 aromatic rings. The number of amidine groups is 1. The standard InChI is InChI=1S/C9H18FN3O2/c1-6(2-3-7(15)5-14)13-4-8(10)9(11)12/h4,6-7,13-15H,2-3,5H2,1H3,(H3,11,12)/b8-4+/t6?,7-/m1/s1. The predicted octanol–water partition coefficient (Wildman–Crippen LogP) is -0.155. The van der Waals surface area contributed by atoms with E-state index in [-0.39, 0.29) is 12.6 Å². The Balaban J connectivity index is 3.79. The Morgan fingerprint density at radius 1 is 1.60 bits per heavy atom. The van der Waals surface area contributed by atoms with Crippen LogP contribution in [0.4, 0.5) is 4.39 Å². The Bertz CT molecular complexity index is 233. The molecule has 6 N–H and O–H groups in total. The molecule has 88 valence electrons. The summed E-state index contributed by atoms with van der Waals surface area (Å²) in [6.45, 7) is 1.53. The average Bonchev–Trinajstić information content (AvgIpc) is 2.21. The molecule has 0 aromatic heterocycles. The van der Waals surface area contributed by atoms with Crippen molar-refractivity contribution in [1.82, 2.24) is 5.32 Å². The van der Waals surface area contributed by atoms with Gasteiger partial charge in [0.25, 0.3) is 0 Å². The van der Waals surface area contributed by atoms with Crippen molar-refractivity contribution < 1.29 is 14.6 Å². The van der Waals surface area contributed by atoms with Crippen molar-refractivity contribution in [3.63, 3.8) is 0 Å². The first kappa shape index (κ1) is 13.9. The lowest BCUT2D eigenvalue weighted by atomic mass is 10.1. The summed E-state index contributed by atoms with van der Waals surface area (Å²) in [5.74, 6) is -1.44. The number of rotatable bonds is 7. The zero-order chi connectivity index (χ0) is 11.8. The summed E-state index contributed by atoms with van der Waals surface area (Å²) in [4.78, 5) is 0. The van der Waals surface area contributed by atoms with Crippen LogP contribution in [-0.2, 0) is 0 Å². The minimum atomic E-state index is -0.815. The van der Waals surface area contributed by atoms with E-state index in [1.54, 1.807) is 6.92 Å². The van der Waals surface area contributed by atoms with Gasteiger partial charge in [0, 0.05) is 12.2 Å². The SMILES string of the molecule is CC(CC[C@@H](O)CO)N/C=C(/F)C(=N)N. The Labute approximate surface area is 88.3 Å². The van der Waals surface area contributed by atoms with Gasteiger partial charge in [-0.15, -0.1) is 0 Å². The van der Waals surface area contributed by atoms with Gasteiger partial charge in [-0.1, -0.05) is 0 Å². The van der Waals surface area contributed by atoms with Crippen molar-refractivity contribution in [2.45, 2.75) is 31.9 Å². The molecule has 0 aliphatic heterocycles. The van der Waals surface area contributed by atoms with E-state index < -0.39 is 17.8 Å². The first-order valence-corrected chi connectivity index (χ1v) is 4.72. The second-order valence-electron chi connectivity index (χ2n) is 3.39. The van der Waals surface area contributed by atoms with E-state index >= 15 is 0 Å². The minimum Gasteiger partial charge on any atom is -0.394 e. The summed E-state index contributed by atoms with van der Waals surface area (Å²) in [7, 11) is 0. The van der Waals surface area contributed by atoms with Gasteiger partial charge in [-0.3, -0.25) is 5.41 Å². The summed E-state index contributed by atoms with van der Waals surface area (Å²) < 4.78 is 12.7. The molecule has 0 bridgehead atoms. The second kappa shape index (κ2) is 7.19. The first-order chi connectivity index (χ1) is 6.97. The van der Waals surface area contributed by atoms with Crippen LogP contribution in [0.1, 0.15) is 19.8 Å². The molecule has 2 atom stereocenters. The van der Waals surface area contributed by atoms with Crippen molar-refractivity contribution in [3.8, 4) is 0 Å². The molecule has 6 heteroatoms. The quantitative estimate of drug-likeness (QED) is 0.303. The van der Waals surface area contributed by atoms with Crippen LogP contribution < -0.4 is 11.1 Å². The minimum absolute atomic E-state index is 0.0590. The molecule has 0 saturated heterocycles. The highest BCUT2D eigenvalue weighted by Crippen LogP contribution is 2.02. The largest absolute Gasteiger partial charge is 0.394 e. The molecule has 0 aromatic carbocycles. The van der Waals surface area contributed by atoms with Crippen LogP contribution in [0.2, 0.25) is 0 Å². The Morgan fingerprint density at radius 3 is 2.67 bits per heavy atom. The highest BCUT2D eigenvalue weighted by atomic mass is 19.1. The van der Waals surface area contributed by atoms with Crippen molar-refractivity contribution >= 4 is 5.84 Å². The zero-order valence-corrected chi connectivity index (χ0v) is 8.70. The lowest BCUT2D eigenvalue weighted by Gasteiger charge is -2.13. The van der Waals surface area contributed by atoms with E-state index in [0.717, 1.165) is 6.20 Å². The van der Waals surface area contributed by atoms with Crippen LogP contribution >= 0.6 is 0 Å². The van der Waals surface area contributed by atoms with E-state index in [1.807, 2.05) is 0 Å². The fourth-order valence-electron chi connectivity index (χ4n) is 0.910. The topological polar surface area (TPSA) is 102 Å². The number of hydrogen-bond acceptors (Lipinski definition) is 4. The predicted molar refractivity (Wildman–Crippen MR) is 56.0 cm³/mol. The maximum absolute atomic E-state index is 12.7.